The topological polar surface area (TPSA) is 18.1 Å². The highest BCUT2D eigenvalue weighted by Gasteiger charge is 2.38. The van der Waals surface area contributed by atoms with Crippen LogP contribution < -0.4 is 0 Å². The first kappa shape index (κ1) is 36.7. The standard InChI is InChI=1S/C58H41NO.C2H6/c1-58(2)40-30-39(42-26-29-55-56(57(42)58)48-18-10-11-19-54(48)60-55)20-24-41(34-40)59-52-27-22-36(35-12-4-3-5-13-35)32-50(52)51-33-38(23-28-53(51)59)37-21-25-47-45-16-7-6-14-43(45)44-15-8-9-17-46(44)49(47)31-37;1-2/h4,6-10,12-18,20-22,24-27,29,31-34H,11,19,23,28,30H2,1-2H3;1-2H3. The van der Waals surface area contributed by atoms with Crippen molar-refractivity contribution >= 4 is 83.2 Å². The lowest BCUT2D eigenvalue weighted by molar-refractivity contribution is 0.545. The van der Waals surface area contributed by atoms with Crippen molar-refractivity contribution < 1.29 is 4.42 Å². The van der Waals surface area contributed by atoms with Gasteiger partial charge in [0.15, 0.2) is 0 Å². The zero-order valence-electron chi connectivity index (χ0n) is 35.8. The molecule has 0 N–H and O–H groups in total. The monoisotopic (exact) mass is 797 g/mol. The second-order valence-corrected chi connectivity index (χ2v) is 17.7. The molecule has 4 aliphatic rings. The Kier molecular flexibility index (Phi) is 8.29. The van der Waals surface area contributed by atoms with E-state index in [9.17, 15) is 0 Å². The third kappa shape index (κ3) is 5.37. The van der Waals surface area contributed by atoms with Crippen LogP contribution in [-0.2, 0) is 18.3 Å². The van der Waals surface area contributed by atoms with Gasteiger partial charge in [-0.2, -0.15) is 0 Å². The van der Waals surface area contributed by atoms with Crippen LogP contribution in [-0.4, -0.2) is 4.57 Å². The Balaban J connectivity index is 0.00000202. The Bertz CT molecular complexity index is 3480. The van der Waals surface area contributed by atoms with Gasteiger partial charge in [0.25, 0.3) is 0 Å². The molecule has 2 nitrogen and oxygen atoms in total. The predicted molar refractivity (Wildman–Crippen MR) is 263 cm³/mol. The zero-order chi connectivity index (χ0) is 41.7. The maximum absolute atomic E-state index is 6.52. The molecule has 0 radical (unpaired) electrons. The molecule has 13 rings (SSSR count). The van der Waals surface area contributed by atoms with Crippen LogP contribution in [0.25, 0.3) is 94.3 Å². The van der Waals surface area contributed by atoms with Gasteiger partial charge in [0, 0.05) is 45.1 Å². The summed E-state index contributed by atoms with van der Waals surface area (Å²) in [6.07, 6.45) is 19.3. The second-order valence-electron chi connectivity index (χ2n) is 17.7. The number of benzene rings is 6. The summed E-state index contributed by atoms with van der Waals surface area (Å²) in [4.78, 5) is 0. The van der Waals surface area contributed by atoms with Gasteiger partial charge in [-0.3, -0.25) is 0 Å². The number of hydrogen-bond acceptors (Lipinski definition) is 1. The normalized spacial score (nSPS) is 16.1. The van der Waals surface area contributed by atoms with Gasteiger partial charge in [-0.1, -0.05) is 136 Å². The number of nitrogens with zero attached hydrogens (tertiary/aromatic N) is 1. The molecule has 9 aromatic rings. The molecule has 2 bridgehead atoms. The molecule has 0 unspecified atom stereocenters. The molecule has 0 fully saturated rings. The van der Waals surface area contributed by atoms with Gasteiger partial charge in [-0.25, -0.2) is 0 Å². The lowest BCUT2D eigenvalue weighted by atomic mass is 9.66. The van der Waals surface area contributed by atoms with E-state index in [1.807, 2.05) is 26.0 Å². The van der Waals surface area contributed by atoms with Gasteiger partial charge in [0.2, 0.25) is 0 Å². The van der Waals surface area contributed by atoms with Crippen LogP contribution in [0.1, 0.15) is 86.2 Å². The lowest BCUT2D eigenvalue weighted by Crippen LogP contribution is -2.27. The first-order valence-corrected chi connectivity index (χ1v) is 22.5. The fourth-order valence-corrected chi connectivity index (χ4v) is 11.2. The molecule has 62 heavy (non-hydrogen) atoms. The van der Waals surface area contributed by atoms with Crippen LogP contribution in [0.5, 0.6) is 0 Å². The Morgan fingerprint density at radius 2 is 1.37 bits per heavy atom. The van der Waals surface area contributed by atoms with E-state index < -0.39 is 0 Å². The summed E-state index contributed by atoms with van der Waals surface area (Å²) in [6.45, 7) is 8.86. The number of fused-ring (bicyclic) bond motifs is 17. The van der Waals surface area contributed by atoms with Crippen LogP contribution in [0.15, 0.2) is 150 Å². The Morgan fingerprint density at radius 3 is 2.15 bits per heavy atom. The van der Waals surface area contributed by atoms with E-state index in [1.54, 1.807) is 0 Å². The van der Waals surface area contributed by atoms with Gasteiger partial charge in [0.05, 0.1) is 5.52 Å². The third-order valence-corrected chi connectivity index (χ3v) is 14.1. The number of allylic oxidation sites excluding steroid dienone is 8. The van der Waals surface area contributed by atoms with Gasteiger partial charge < -0.3 is 8.98 Å². The summed E-state index contributed by atoms with van der Waals surface area (Å²) in [7, 11) is 0. The van der Waals surface area contributed by atoms with E-state index in [4.69, 9.17) is 4.42 Å². The predicted octanol–water partition coefficient (Wildman–Crippen LogP) is 16.1. The van der Waals surface area contributed by atoms with E-state index in [-0.39, 0.29) is 5.41 Å². The smallest absolute Gasteiger partial charge is 0.135 e. The third-order valence-electron chi connectivity index (χ3n) is 14.1. The highest BCUT2D eigenvalue weighted by atomic mass is 16.3. The first-order valence-electron chi connectivity index (χ1n) is 22.5. The summed E-state index contributed by atoms with van der Waals surface area (Å²) in [5, 5.41) is 10.5. The number of aromatic nitrogens is 1. The number of furan rings is 1. The molecule has 0 aliphatic heterocycles. The molecule has 298 valence electrons. The molecule has 0 saturated heterocycles. The van der Waals surface area contributed by atoms with Crippen molar-refractivity contribution in [1.29, 1.82) is 0 Å². The SMILES string of the molecule is CC.CC1(C)C2=CC(n3c4c(c5cc(-c6cc#ccc6)ccc53)C=C(c3ccc5c6ccccc6c6ccccc6c5c3)CC4)=CC=C(C2)c2ccc3oc4c(c3c21)C=CCC4. The average Bonchev–Trinajstić information content (AvgIpc) is 3.78. The van der Waals surface area contributed by atoms with Crippen molar-refractivity contribution in [3.63, 3.8) is 0 Å². The molecule has 0 saturated carbocycles. The van der Waals surface area contributed by atoms with Crippen LogP contribution in [0, 0.1) is 12.1 Å². The molecule has 0 atom stereocenters. The van der Waals surface area contributed by atoms with Crippen molar-refractivity contribution in [2.45, 2.75) is 65.2 Å². The highest BCUT2D eigenvalue weighted by molar-refractivity contribution is 6.25. The van der Waals surface area contributed by atoms with Gasteiger partial charge in [-0.05, 0) is 158 Å². The van der Waals surface area contributed by atoms with Crippen molar-refractivity contribution in [1.82, 2.24) is 4.57 Å². The summed E-state index contributed by atoms with van der Waals surface area (Å²) in [5.41, 5.74) is 17.9. The molecule has 2 aromatic heterocycles. The fourth-order valence-electron chi connectivity index (χ4n) is 11.2. The minimum absolute atomic E-state index is 0.186. The molecular weight excluding hydrogens is 751 g/mol. The summed E-state index contributed by atoms with van der Waals surface area (Å²) < 4.78 is 9.10. The van der Waals surface area contributed by atoms with E-state index in [0.29, 0.717) is 0 Å². The number of hydrogen-bond donors (Lipinski definition) is 0. The first-order chi connectivity index (χ1) is 30.5. The Labute approximate surface area is 363 Å². The summed E-state index contributed by atoms with van der Waals surface area (Å²) in [6, 6.07) is 48.9. The van der Waals surface area contributed by atoms with E-state index in [1.165, 1.54) is 110 Å². The van der Waals surface area contributed by atoms with E-state index >= 15 is 0 Å². The van der Waals surface area contributed by atoms with Gasteiger partial charge >= 0.3 is 0 Å². The van der Waals surface area contributed by atoms with Crippen molar-refractivity contribution in [2.24, 2.45) is 0 Å². The van der Waals surface area contributed by atoms with Crippen molar-refractivity contribution in [3.8, 4) is 11.1 Å². The minimum Gasteiger partial charge on any atom is -0.460 e. The lowest BCUT2D eigenvalue weighted by Gasteiger charge is -2.37. The number of rotatable bonds is 3. The molecular formula is C60H47NO. The second kappa shape index (κ2) is 14.0. The van der Waals surface area contributed by atoms with Crippen molar-refractivity contribution in [3.05, 3.63) is 197 Å². The molecule has 2 heteroatoms. The van der Waals surface area contributed by atoms with Gasteiger partial charge in [0.1, 0.15) is 11.3 Å². The molecule has 4 aliphatic carbocycles. The Morgan fingerprint density at radius 1 is 0.629 bits per heavy atom. The average molecular weight is 798 g/mol. The van der Waals surface area contributed by atoms with Crippen LogP contribution >= 0.6 is 0 Å². The summed E-state index contributed by atoms with van der Waals surface area (Å²) >= 11 is 0. The van der Waals surface area contributed by atoms with Crippen molar-refractivity contribution in [2.75, 3.05) is 0 Å². The quantitative estimate of drug-likeness (QED) is 0.163. The molecule has 2 heterocycles. The van der Waals surface area contributed by atoms with Crippen LogP contribution in [0.3, 0.4) is 0 Å². The molecule has 0 spiro atoms. The number of aryl methyl sites for hydroxylation is 1. The highest BCUT2D eigenvalue weighted by Crippen LogP contribution is 2.53. The van der Waals surface area contributed by atoms with Gasteiger partial charge in [-0.15, -0.1) is 0 Å². The Hall–Kier alpha value is -7.08. The minimum atomic E-state index is -0.186. The molecule has 0 amide bonds. The molecule has 7 aromatic carbocycles. The van der Waals surface area contributed by atoms with Crippen LogP contribution in [0.4, 0.5) is 0 Å². The largest absolute Gasteiger partial charge is 0.460 e. The van der Waals surface area contributed by atoms with E-state index in [2.05, 4.69) is 170 Å². The zero-order valence-corrected chi connectivity index (χ0v) is 35.8. The maximum Gasteiger partial charge on any atom is 0.135 e. The maximum atomic E-state index is 6.52. The summed E-state index contributed by atoms with van der Waals surface area (Å²) in [5.74, 6) is 1.13. The fraction of sp³-hybridized carbons (Fsp3) is 0.167. The van der Waals surface area contributed by atoms with E-state index in [0.717, 1.165) is 49.0 Å². The van der Waals surface area contributed by atoms with Crippen LogP contribution in [0.2, 0.25) is 0 Å².